The third-order valence-electron chi connectivity index (χ3n) is 1.53. The maximum Gasteiger partial charge on any atom is 0.316 e. The van der Waals surface area contributed by atoms with Crippen LogP contribution in [0.3, 0.4) is 0 Å². The molecule has 0 aliphatic carbocycles. The van der Waals surface area contributed by atoms with Crippen molar-refractivity contribution in [2.24, 2.45) is 8.73 Å². The molecule has 0 saturated heterocycles. The Morgan fingerprint density at radius 2 is 1.56 bits per heavy atom. The standard InChI is InChI=1S/C7H6N2O5S2/c1-14-5-2-3-6(8-15(10)11)7(4-5)9-16(12)13/h2-4H,1H3. The number of hydrogen-bond donors (Lipinski definition) is 0. The quantitative estimate of drug-likeness (QED) is 0.811. The van der Waals surface area contributed by atoms with Crippen molar-refractivity contribution in [3.05, 3.63) is 18.2 Å². The topological polar surface area (TPSA) is 102 Å². The van der Waals surface area contributed by atoms with E-state index in [0.29, 0.717) is 5.75 Å². The zero-order chi connectivity index (χ0) is 12.1. The van der Waals surface area contributed by atoms with Crippen molar-refractivity contribution < 1.29 is 21.6 Å². The molecule has 1 rings (SSSR count). The molecule has 0 bridgehead atoms. The highest BCUT2D eigenvalue weighted by atomic mass is 32.2. The number of ether oxygens (including phenoxy) is 1. The highest BCUT2D eigenvalue weighted by Gasteiger charge is 2.03. The van der Waals surface area contributed by atoms with Gasteiger partial charge in [0.05, 0.1) is 7.11 Å². The van der Waals surface area contributed by atoms with Crippen molar-refractivity contribution >= 4 is 32.4 Å². The van der Waals surface area contributed by atoms with Gasteiger partial charge in [0.25, 0.3) is 0 Å². The van der Waals surface area contributed by atoms with Gasteiger partial charge in [-0.2, -0.15) is 16.8 Å². The monoisotopic (exact) mass is 262 g/mol. The van der Waals surface area contributed by atoms with Gasteiger partial charge in [0, 0.05) is 6.07 Å². The van der Waals surface area contributed by atoms with E-state index in [1.54, 1.807) is 0 Å². The molecule has 0 aliphatic heterocycles. The second-order valence-corrected chi connectivity index (χ2v) is 3.71. The predicted molar refractivity (Wildman–Crippen MR) is 55.0 cm³/mol. The van der Waals surface area contributed by atoms with E-state index >= 15 is 0 Å². The van der Waals surface area contributed by atoms with Crippen molar-refractivity contribution in [1.82, 2.24) is 0 Å². The van der Waals surface area contributed by atoms with E-state index in [1.165, 1.54) is 25.3 Å². The lowest BCUT2D eigenvalue weighted by Crippen LogP contribution is -1.81. The fraction of sp³-hybridized carbons (Fsp3) is 0.143. The summed E-state index contributed by atoms with van der Waals surface area (Å²) < 4.78 is 52.8. The predicted octanol–water partition coefficient (Wildman–Crippen LogP) is 1.08. The zero-order valence-electron chi connectivity index (χ0n) is 7.98. The van der Waals surface area contributed by atoms with Gasteiger partial charge in [-0.05, 0) is 12.1 Å². The van der Waals surface area contributed by atoms with Gasteiger partial charge < -0.3 is 4.74 Å². The molecule has 0 fully saturated rings. The van der Waals surface area contributed by atoms with E-state index in [0.717, 1.165) is 0 Å². The van der Waals surface area contributed by atoms with Crippen molar-refractivity contribution in [2.45, 2.75) is 0 Å². The molecule has 1 aromatic carbocycles. The molecule has 0 amide bonds. The van der Waals surface area contributed by atoms with Gasteiger partial charge in [-0.3, -0.25) is 0 Å². The van der Waals surface area contributed by atoms with Crippen molar-refractivity contribution in [3.8, 4) is 5.75 Å². The minimum Gasteiger partial charge on any atom is -0.497 e. The summed E-state index contributed by atoms with van der Waals surface area (Å²) in [6.45, 7) is 0. The molecule has 7 nitrogen and oxygen atoms in total. The lowest BCUT2D eigenvalue weighted by Gasteiger charge is -2.00. The molecule has 0 heterocycles. The molecular formula is C7H6N2O5S2. The molecule has 0 spiro atoms. The van der Waals surface area contributed by atoms with Gasteiger partial charge in [0.2, 0.25) is 0 Å². The Hall–Kier alpha value is -1.74. The molecule has 0 aliphatic rings. The summed E-state index contributed by atoms with van der Waals surface area (Å²) in [4.78, 5) is 0. The second kappa shape index (κ2) is 5.37. The van der Waals surface area contributed by atoms with E-state index < -0.39 is 21.0 Å². The van der Waals surface area contributed by atoms with Gasteiger partial charge in [-0.15, -0.1) is 8.73 Å². The van der Waals surface area contributed by atoms with Crippen LogP contribution in [0.2, 0.25) is 0 Å². The summed E-state index contributed by atoms with van der Waals surface area (Å²) in [5.41, 5.74) is -0.171. The molecular weight excluding hydrogens is 256 g/mol. The summed E-state index contributed by atoms with van der Waals surface area (Å²) in [5.74, 6) is 0.347. The molecule has 0 N–H and O–H groups in total. The first-order valence-electron chi connectivity index (χ1n) is 3.83. The van der Waals surface area contributed by atoms with Crippen LogP contribution in [0.25, 0.3) is 0 Å². The molecule has 0 aromatic heterocycles. The first kappa shape index (κ1) is 12.3. The van der Waals surface area contributed by atoms with E-state index in [-0.39, 0.29) is 11.4 Å². The summed E-state index contributed by atoms with van der Waals surface area (Å²) in [6.07, 6.45) is 0. The highest BCUT2D eigenvalue weighted by Crippen LogP contribution is 2.31. The molecule has 0 atom stereocenters. The van der Waals surface area contributed by atoms with Crippen LogP contribution in [-0.2, 0) is 21.0 Å². The van der Waals surface area contributed by atoms with Crippen LogP contribution in [0.15, 0.2) is 26.9 Å². The van der Waals surface area contributed by atoms with Crippen LogP contribution in [0.4, 0.5) is 11.4 Å². The zero-order valence-corrected chi connectivity index (χ0v) is 9.62. The van der Waals surface area contributed by atoms with Crippen molar-refractivity contribution in [3.63, 3.8) is 0 Å². The van der Waals surface area contributed by atoms with Crippen LogP contribution in [0.5, 0.6) is 5.75 Å². The lowest BCUT2D eigenvalue weighted by molar-refractivity contribution is 0.415. The van der Waals surface area contributed by atoms with Crippen LogP contribution in [0.1, 0.15) is 0 Å². The van der Waals surface area contributed by atoms with Gasteiger partial charge in [-0.25, -0.2) is 0 Å². The Labute approximate surface area is 94.1 Å². The summed E-state index contributed by atoms with van der Waals surface area (Å²) >= 11 is 0. The van der Waals surface area contributed by atoms with Gasteiger partial charge in [0.15, 0.2) is 0 Å². The Morgan fingerprint density at radius 3 is 2.06 bits per heavy atom. The minimum absolute atomic E-state index is 0.0710. The van der Waals surface area contributed by atoms with Crippen molar-refractivity contribution in [2.75, 3.05) is 7.11 Å². The van der Waals surface area contributed by atoms with Crippen LogP contribution < -0.4 is 4.74 Å². The Bertz CT molecular complexity index is 644. The SMILES string of the molecule is COc1ccc(N=S(=O)=O)c(N=S(=O)=O)c1. The number of nitrogens with zero attached hydrogens (tertiary/aromatic N) is 2. The first-order valence-corrected chi connectivity index (χ1v) is 5.89. The molecule has 0 unspecified atom stereocenters. The molecule has 0 saturated carbocycles. The van der Waals surface area contributed by atoms with Gasteiger partial charge in [0.1, 0.15) is 17.1 Å². The first-order chi connectivity index (χ1) is 7.52. The number of rotatable bonds is 3. The van der Waals surface area contributed by atoms with Crippen LogP contribution in [0, 0.1) is 0 Å². The van der Waals surface area contributed by atoms with E-state index in [2.05, 4.69) is 8.73 Å². The van der Waals surface area contributed by atoms with Crippen molar-refractivity contribution in [1.29, 1.82) is 0 Å². The lowest BCUT2D eigenvalue weighted by atomic mass is 10.2. The molecule has 1 aromatic rings. The Morgan fingerprint density at radius 1 is 1.00 bits per heavy atom. The third-order valence-corrected chi connectivity index (χ3v) is 2.22. The van der Waals surface area contributed by atoms with Gasteiger partial charge in [-0.1, -0.05) is 0 Å². The smallest absolute Gasteiger partial charge is 0.316 e. The van der Waals surface area contributed by atoms with Gasteiger partial charge >= 0.3 is 21.0 Å². The number of hydrogen-bond acceptors (Lipinski definition) is 7. The minimum atomic E-state index is -2.69. The molecule has 16 heavy (non-hydrogen) atoms. The van der Waals surface area contributed by atoms with E-state index in [9.17, 15) is 16.8 Å². The fourth-order valence-electron chi connectivity index (χ4n) is 0.941. The average molecular weight is 262 g/mol. The number of benzene rings is 1. The maximum atomic E-state index is 10.4. The van der Waals surface area contributed by atoms with Crippen LogP contribution in [-0.4, -0.2) is 23.9 Å². The Kier molecular flexibility index (Phi) is 4.14. The maximum absolute atomic E-state index is 10.4. The van der Waals surface area contributed by atoms with E-state index in [1.807, 2.05) is 0 Å². The highest BCUT2D eigenvalue weighted by molar-refractivity contribution is 7.62. The normalized spacial score (nSPS) is 9.31. The average Bonchev–Trinajstić information content (AvgIpc) is 2.19. The Balaban J connectivity index is 3.50. The fourth-order valence-corrected chi connectivity index (χ4v) is 1.56. The largest absolute Gasteiger partial charge is 0.497 e. The third kappa shape index (κ3) is 3.44. The molecule has 9 heteroatoms. The van der Waals surface area contributed by atoms with Crippen LogP contribution >= 0.6 is 0 Å². The molecule has 86 valence electrons. The number of methoxy groups -OCH3 is 1. The second-order valence-electron chi connectivity index (χ2n) is 2.47. The summed E-state index contributed by atoms with van der Waals surface area (Å²) in [5, 5.41) is 0. The molecule has 0 radical (unpaired) electrons. The summed E-state index contributed by atoms with van der Waals surface area (Å²) in [6, 6.07) is 4.00. The van der Waals surface area contributed by atoms with E-state index in [4.69, 9.17) is 4.74 Å². The summed E-state index contributed by atoms with van der Waals surface area (Å²) in [7, 11) is -3.99.